The second-order valence-corrected chi connectivity index (χ2v) is 5.77. The monoisotopic (exact) mass is 348 g/mol. The summed E-state index contributed by atoms with van der Waals surface area (Å²) in [6, 6.07) is 15.8. The lowest BCUT2D eigenvalue weighted by Gasteiger charge is -2.14. The summed E-state index contributed by atoms with van der Waals surface area (Å²) in [7, 11) is 0. The molecule has 0 unspecified atom stereocenters. The third-order valence-corrected chi connectivity index (χ3v) is 3.97. The van der Waals surface area contributed by atoms with Gasteiger partial charge in [0.2, 0.25) is 5.88 Å². The van der Waals surface area contributed by atoms with Crippen LogP contribution in [-0.4, -0.2) is 13.1 Å². The number of ether oxygens (including phenoxy) is 2. The third-order valence-electron chi connectivity index (χ3n) is 3.97. The average Bonchev–Trinajstić information content (AvgIpc) is 3.01. The fraction of sp³-hybridized carbons (Fsp3) is 0.182. The molecule has 4 heteroatoms. The van der Waals surface area contributed by atoms with E-state index in [4.69, 9.17) is 9.47 Å². The molecule has 134 valence electrons. The van der Waals surface area contributed by atoms with Gasteiger partial charge in [-0.2, -0.15) is 0 Å². The molecule has 0 spiro atoms. The van der Waals surface area contributed by atoms with Crippen molar-refractivity contribution >= 4 is 11.4 Å². The number of rotatable bonds is 7. The van der Waals surface area contributed by atoms with Gasteiger partial charge in [0.25, 0.3) is 0 Å². The smallest absolute Gasteiger partial charge is 0.200 e. The second kappa shape index (κ2) is 8.30. The Kier molecular flexibility index (Phi) is 5.64. The van der Waals surface area contributed by atoms with Crippen molar-refractivity contribution < 1.29 is 9.47 Å². The molecular weight excluding hydrogens is 324 g/mol. The molecule has 0 saturated heterocycles. The van der Waals surface area contributed by atoms with Gasteiger partial charge in [-0.1, -0.05) is 36.9 Å². The zero-order valence-corrected chi connectivity index (χ0v) is 15.2. The molecule has 0 radical (unpaired) electrons. The van der Waals surface area contributed by atoms with Crippen LogP contribution in [0, 0.1) is 0 Å². The molecule has 0 aliphatic carbocycles. The molecule has 0 atom stereocenters. The van der Waals surface area contributed by atoms with Crippen LogP contribution in [0.3, 0.4) is 0 Å². The molecular formula is C22H24N2O2. The summed E-state index contributed by atoms with van der Waals surface area (Å²) >= 11 is 0. The maximum absolute atomic E-state index is 5.92. The first-order valence-electron chi connectivity index (χ1n) is 8.85. The number of para-hydroxylation sites is 4. The number of hydrogen-bond donors (Lipinski definition) is 1. The zero-order chi connectivity index (χ0) is 18.4. The minimum atomic E-state index is 0.561. The molecule has 0 saturated carbocycles. The molecule has 4 nitrogen and oxygen atoms in total. The number of hydrogen-bond acceptors (Lipinski definition) is 4. The van der Waals surface area contributed by atoms with E-state index in [2.05, 4.69) is 36.7 Å². The van der Waals surface area contributed by atoms with Gasteiger partial charge < -0.3 is 19.7 Å². The topological polar surface area (TPSA) is 33.7 Å². The Balaban J connectivity index is 1.67. The van der Waals surface area contributed by atoms with Crippen LogP contribution in [0.1, 0.15) is 13.8 Å². The standard InChI is InChI=1S/C22H24N2O2/c1-4-23-18-12-6-8-14-20(18)25-17(3)11-10-16-22-24(5-2)19-13-7-9-15-21(19)26-22/h6-16,23H,3-5H2,1-2H3/b11-10+,22-16+. The molecule has 3 rings (SSSR count). The van der Waals surface area contributed by atoms with Gasteiger partial charge in [-0.15, -0.1) is 0 Å². The van der Waals surface area contributed by atoms with E-state index < -0.39 is 0 Å². The highest BCUT2D eigenvalue weighted by Gasteiger charge is 2.23. The lowest BCUT2D eigenvalue weighted by atomic mass is 10.3. The highest BCUT2D eigenvalue weighted by Crippen LogP contribution is 2.38. The van der Waals surface area contributed by atoms with Gasteiger partial charge in [0.1, 0.15) is 11.5 Å². The molecule has 0 amide bonds. The van der Waals surface area contributed by atoms with Crippen LogP contribution < -0.4 is 19.7 Å². The summed E-state index contributed by atoms with van der Waals surface area (Å²) in [6.07, 6.45) is 5.65. The minimum Gasteiger partial charge on any atom is -0.456 e. The Morgan fingerprint density at radius 2 is 1.92 bits per heavy atom. The SMILES string of the molecule is C=C(/C=C/C=C1/Oc2ccccc2N1CC)Oc1ccccc1NCC. The van der Waals surface area contributed by atoms with Crippen molar-refractivity contribution in [3.05, 3.63) is 85.0 Å². The predicted octanol–water partition coefficient (Wildman–Crippen LogP) is 5.33. The largest absolute Gasteiger partial charge is 0.456 e. The van der Waals surface area contributed by atoms with Gasteiger partial charge in [0.05, 0.1) is 11.4 Å². The molecule has 0 bridgehead atoms. The third kappa shape index (κ3) is 3.91. The minimum absolute atomic E-state index is 0.561. The summed E-state index contributed by atoms with van der Waals surface area (Å²) in [5, 5.41) is 3.28. The Bertz CT molecular complexity index is 840. The fourth-order valence-electron chi connectivity index (χ4n) is 2.81. The highest BCUT2D eigenvalue weighted by molar-refractivity contribution is 5.66. The van der Waals surface area contributed by atoms with E-state index in [1.807, 2.05) is 60.7 Å². The Hall–Kier alpha value is -3.14. The molecule has 0 fully saturated rings. The van der Waals surface area contributed by atoms with E-state index in [1.165, 1.54) is 0 Å². The molecule has 1 aliphatic rings. The maximum Gasteiger partial charge on any atom is 0.200 e. The van der Waals surface area contributed by atoms with Crippen molar-refractivity contribution in [3.8, 4) is 11.5 Å². The van der Waals surface area contributed by atoms with Gasteiger partial charge in [-0.3, -0.25) is 0 Å². The average molecular weight is 348 g/mol. The van der Waals surface area contributed by atoms with Crippen LogP contribution in [-0.2, 0) is 0 Å². The summed E-state index contributed by atoms with van der Waals surface area (Å²) < 4.78 is 11.8. The van der Waals surface area contributed by atoms with Crippen LogP contribution >= 0.6 is 0 Å². The van der Waals surface area contributed by atoms with E-state index in [1.54, 1.807) is 0 Å². The van der Waals surface area contributed by atoms with Crippen LogP contribution in [0.2, 0.25) is 0 Å². The van der Waals surface area contributed by atoms with E-state index in [0.29, 0.717) is 5.76 Å². The highest BCUT2D eigenvalue weighted by atomic mass is 16.5. The van der Waals surface area contributed by atoms with Gasteiger partial charge in [-0.05, 0) is 50.3 Å². The zero-order valence-electron chi connectivity index (χ0n) is 15.2. The number of nitrogens with zero attached hydrogens (tertiary/aromatic N) is 1. The molecule has 0 aromatic heterocycles. The van der Waals surface area contributed by atoms with E-state index in [0.717, 1.165) is 41.8 Å². The number of nitrogens with one attached hydrogen (secondary N) is 1. The van der Waals surface area contributed by atoms with Crippen LogP contribution in [0.5, 0.6) is 11.5 Å². The number of anilines is 2. The molecule has 1 aliphatic heterocycles. The number of benzene rings is 2. The molecule has 1 N–H and O–H groups in total. The Morgan fingerprint density at radius 3 is 2.73 bits per heavy atom. The summed E-state index contributed by atoms with van der Waals surface area (Å²) in [6.45, 7) is 9.80. The summed E-state index contributed by atoms with van der Waals surface area (Å²) in [5.74, 6) is 3.00. The van der Waals surface area contributed by atoms with Gasteiger partial charge in [-0.25, -0.2) is 0 Å². The molecule has 1 heterocycles. The van der Waals surface area contributed by atoms with Gasteiger partial charge in [0.15, 0.2) is 5.75 Å². The molecule has 26 heavy (non-hydrogen) atoms. The van der Waals surface area contributed by atoms with E-state index >= 15 is 0 Å². The summed E-state index contributed by atoms with van der Waals surface area (Å²) in [5.41, 5.74) is 2.04. The van der Waals surface area contributed by atoms with Crippen molar-refractivity contribution in [2.24, 2.45) is 0 Å². The number of allylic oxidation sites excluding steroid dienone is 3. The first-order valence-corrected chi connectivity index (χ1v) is 8.85. The van der Waals surface area contributed by atoms with Crippen LogP contribution in [0.15, 0.2) is 85.0 Å². The quantitative estimate of drug-likeness (QED) is 0.542. The van der Waals surface area contributed by atoms with Crippen molar-refractivity contribution in [2.45, 2.75) is 13.8 Å². The normalized spacial score (nSPS) is 14.4. The first-order chi connectivity index (χ1) is 12.7. The fourth-order valence-corrected chi connectivity index (χ4v) is 2.81. The van der Waals surface area contributed by atoms with Crippen LogP contribution in [0.25, 0.3) is 0 Å². The van der Waals surface area contributed by atoms with Crippen molar-refractivity contribution in [1.29, 1.82) is 0 Å². The Morgan fingerprint density at radius 1 is 1.15 bits per heavy atom. The first kappa shape index (κ1) is 17.7. The van der Waals surface area contributed by atoms with Crippen molar-refractivity contribution in [2.75, 3.05) is 23.3 Å². The number of fused-ring (bicyclic) bond motifs is 1. The van der Waals surface area contributed by atoms with E-state index in [9.17, 15) is 0 Å². The van der Waals surface area contributed by atoms with Crippen molar-refractivity contribution in [3.63, 3.8) is 0 Å². The van der Waals surface area contributed by atoms with Crippen molar-refractivity contribution in [1.82, 2.24) is 0 Å². The molecule has 2 aromatic rings. The Labute approximate surface area is 155 Å². The van der Waals surface area contributed by atoms with Crippen LogP contribution in [0.4, 0.5) is 11.4 Å². The van der Waals surface area contributed by atoms with Gasteiger partial charge >= 0.3 is 0 Å². The van der Waals surface area contributed by atoms with E-state index in [-0.39, 0.29) is 0 Å². The predicted molar refractivity (Wildman–Crippen MR) is 108 cm³/mol. The van der Waals surface area contributed by atoms with Gasteiger partial charge in [0, 0.05) is 13.1 Å². The lowest BCUT2D eigenvalue weighted by Crippen LogP contribution is -2.18. The molecule has 2 aromatic carbocycles. The lowest BCUT2D eigenvalue weighted by molar-refractivity contribution is 0.439. The summed E-state index contributed by atoms with van der Waals surface area (Å²) in [4.78, 5) is 2.13. The second-order valence-electron chi connectivity index (χ2n) is 5.77. The maximum atomic E-state index is 5.92.